The molecule has 1 aromatic rings. The summed E-state index contributed by atoms with van der Waals surface area (Å²) in [5.74, 6) is 1.22. The molecule has 2 nitrogen and oxygen atoms in total. The van der Waals surface area contributed by atoms with Crippen LogP contribution < -0.4 is 5.32 Å². The number of hydrogen-bond donors (Lipinski definition) is 1. The van der Waals surface area contributed by atoms with Crippen LogP contribution in [0, 0.1) is 0 Å². The monoisotopic (exact) mass is 190 g/mol. The Morgan fingerprint density at radius 3 is 3.00 bits per heavy atom. The van der Waals surface area contributed by atoms with Crippen molar-refractivity contribution in [2.24, 2.45) is 0 Å². The third kappa shape index (κ3) is 1.80. The summed E-state index contributed by atoms with van der Waals surface area (Å²) in [7, 11) is 0. The maximum absolute atomic E-state index is 4.54. The van der Waals surface area contributed by atoms with Gasteiger partial charge in [0.05, 0.1) is 0 Å². The van der Waals surface area contributed by atoms with E-state index in [9.17, 15) is 0 Å². The summed E-state index contributed by atoms with van der Waals surface area (Å²) in [4.78, 5) is 4.54. The second-order valence-corrected chi connectivity index (χ2v) is 4.32. The summed E-state index contributed by atoms with van der Waals surface area (Å²) in [5.41, 5.74) is 2.73. The Morgan fingerprint density at radius 1 is 1.50 bits per heavy atom. The van der Waals surface area contributed by atoms with Crippen molar-refractivity contribution >= 4 is 0 Å². The second-order valence-electron chi connectivity index (χ2n) is 4.32. The van der Waals surface area contributed by atoms with E-state index >= 15 is 0 Å². The molecule has 1 fully saturated rings. The van der Waals surface area contributed by atoms with Gasteiger partial charge in [-0.15, -0.1) is 0 Å². The maximum Gasteiger partial charge on any atom is 0.0482 e. The van der Waals surface area contributed by atoms with Gasteiger partial charge in [0.15, 0.2) is 0 Å². The van der Waals surface area contributed by atoms with Gasteiger partial charge in [0.2, 0.25) is 0 Å². The van der Waals surface area contributed by atoms with Crippen LogP contribution >= 0.6 is 0 Å². The summed E-state index contributed by atoms with van der Waals surface area (Å²) in [6, 6.07) is 4.26. The van der Waals surface area contributed by atoms with Crippen molar-refractivity contribution in [3.8, 4) is 0 Å². The molecule has 0 amide bonds. The van der Waals surface area contributed by atoms with Crippen LogP contribution in [0.1, 0.15) is 43.4 Å². The van der Waals surface area contributed by atoms with Crippen molar-refractivity contribution < 1.29 is 0 Å². The summed E-state index contributed by atoms with van der Waals surface area (Å²) in [5, 5.41) is 3.40. The molecule has 1 aromatic heterocycles. The Bertz CT molecular complexity index is 301. The van der Waals surface area contributed by atoms with Crippen molar-refractivity contribution in [3.05, 3.63) is 29.6 Å². The molecule has 1 saturated heterocycles. The van der Waals surface area contributed by atoms with E-state index < -0.39 is 0 Å². The predicted molar refractivity (Wildman–Crippen MR) is 58.6 cm³/mol. The van der Waals surface area contributed by atoms with Crippen molar-refractivity contribution in [2.45, 2.75) is 32.1 Å². The van der Waals surface area contributed by atoms with Gasteiger partial charge in [0.1, 0.15) is 0 Å². The van der Waals surface area contributed by atoms with Crippen LogP contribution in [0.4, 0.5) is 0 Å². The smallest absolute Gasteiger partial charge is 0.0482 e. The highest BCUT2D eigenvalue weighted by Crippen LogP contribution is 2.27. The predicted octanol–water partition coefficient (Wildman–Crippen LogP) is 2.28. The molecule has 0 bridgehead atoms. The molecule has 2 rings (SSSR count). The molecule has 1 aliphatic heterocycles. The lowest BCUT2D eigenvalue weighted by Gasteiger charge is -2.15. The Hall–Kier alpha value is -0.890. The summed E-state index contributed by atoms with van der Waals surface area (Å²) < 4.78 is 0. The van der Waals surface area contributed by atoms with Gasteiger partial charge in [-0.25, -0.2) is 0 Å². The van der Waals surface area contributed by atoms with E-state index in [2.05, 4.69) is 30.2 Å². The highest BCUT2D eigenvalue weighted by molar-refractivity contribution is 5.27. The zero-order valence-electron chi connectivity index (χ0n) is 8.96. The number of pyridine rings is 1. The quantitative estimate of drug-likeness (QED) is 0.774. The SMILES string of the molecule is CC(C)c1cccnc1C1CCNC1. The lowest BCUT2D eigenvalue weighted by atomic mass is 9.93. The molecule has 0 saturated carbocycles. The van der Waals surface area contributed by atoms with Crippen LogP contribution in [-0.4, -0.2) is 18.1 Å². The van der Waals surface area contributed by atoms with Crippen molar-refractivity contribution in [2.75, 3.05) is 13.1 Å². The number of nitrogens with zero attached hydrogens (tertiary/aromatic N) is 1. The topological polar surface area (TPSA) is 24.9 Å². The average Bonchev–Trinajstić information content (AvgIpc) is 2.70. The normalized spacial score (nSPS) is 21.8. The van der Waals surface area contributed by atoms with Crippen LogP contribution in [0.3, 0.4) is 0 Å². The Kier molecular flexibility index (Phi) is 2.82. The first-order chi connectivity index (χ1) is 6.79. The minimum Gasteiger partial charge on any atom is -0.316 e. The molecule has 1 atom stereocenters. The first-order valence-electron chi connectivity index (χ1n) is 5.44. The highest BCUT2D eigenvalue weighted by Gasteiger charge is 2.21. The molecule has 0 radical (unpaired) electrons. The van der Waals surface area contributed by atoms with E-state index in [4.69, 9.17) is 0 Å². The van der Waals surface area contributed by atoms with Crippen molar-refractivity contribution in [3.63, 3.8) is 0 Å². The molecule has 2 heteroatoms. The van der Waals surface area contributed by atoms with Gasteiger partial charge in [-0.3, -0.25) is 4.98 Å². The molecule has 0 aromatic carbocycles. The van der Waals surface area contributed by atoms with Gasteiger partial charge < -0.3 is 5.32 Å². The molecule has 1 N–H and O–H groups in total. The Labute approximate surface area is 85.7 Å². The van der Waals surface area contributed by atoms with Gasteiger partial charge in [-0.2, -0.15) is 0 Å². The van der Waals surface area contributed by atoms with Crippen LogP contribution in [0.5, 0.6) is 0 Å². The fraction of sp³-hybridized carbons (Fsp3) is 0.583. The molecule has 14 heavy (non-hydrogen) atoms. The van der Waals surface area contributed by atoms with Crippen LogP contribution in [-0.2, 0) is 0 Å². The van der Waals surface area contributed by atoms with E-state index in [0.717, 1.165) is 13.1 Å². The maximum atomic E-state index is 4.54. The molecule has 0 aliphatic carbocycles. The third-order valence-electron chi connectivity index (χ3n) is 2.94. The number of aromatic nitrogens is 1. The fourth-order valence-corrected chi connectivity index (χ4v) is 2.15. The summed E-state index contributed by atoms with van der Waals surface area (Å²) in [6.45, 7) is 6.71. The molecular weight excluding hydrogens is 172 g/mol. The van der Waals surface area contributed by atoms with E-state index in [-0.39, 0.29) is 0 Å². The number of rotatable bonds is 2. The lowest BCUT2D eigenvalue weighted by molar-refractivity contribution is 0.702. The fourth-order valence-electron chi connectivity index (χ4n) is 2.15. The molecule has 2 heterocycles. The van der Waals surface area contributed by atoms with Crippen LogP contribution in [0.2, 0.25) is 0 Å². The Morgan fingerprint density at radius 2 is 2.36 bits per heavy atom. The van der Waals surface area contributed by atoms with Crippen molar-refractivity contribution in [1.82, 2.24) is 10.3 Å². The number of nitrogens with one attached hydrogen (secondary N) is 1. The zero-order valence-corrected chi connectivity index (χ0v) is 8.96. The van der Waals surface area contributed by atoms with E-state index in [1.54, 1.807) is 0 Å². The Balaban J connectivity index is 2.30. The summed E-state index contributed by atoms with van der Waals surface area (Å²) >= 11 is 0. The summed E-state index contributed by atoms with van der Waals surface area (Å²) in [6.07, 6.45) is 3.15. The largest absolute Gasteiger partial charge is 0.316 e. The molecule has 76 valence electrons. The molecule has 1 unspecified atom stereocenters. The van der Waals surface area contributed by atoms with E-state index in [0.29, 0.717) is 11.8 Å². The first kappa shape index (κ1) is 9.66. The van der Waals surface area contributed by atoms with E-state index in [1.807, 2.05) is 12.3 Å². The first-order valence-corrected chi connectivity index (χ1v) is 5.44. The minimum absolute atomic E-state index is 0.583. The van der Waals surface area contributed by atoms with Gasteiger partial charge in [-0.1, -0.05) is 19.9 Å². The van der Waals surface area contributed by atoms with Gasteiger partial charge in [-0.05, 0) is 30.5 Å². The molecule has 0 spiro atoms. The average molecular weight is 190 g/mol. The second kappa shape index (κ2) is 4.09. The van der Waals surface area contributed by atoms with Gasteiger partial charge >= 0.3 is 0 Å². The van der Waals surface area contributed by atoms with Crippen LogP contribution in [0.15, 0.2) is 18.3 Å². The molecule has 1 aliphatic rings. The highest BCUT2D eigenvalue weighted by atomic mass is 14.9. The standard InChI is InChI=1S/C12H18N2/c1-9(2)11-4-3-6-14-12(11)10-5-7-13-8-10/h3-4,6,9-10,13H,5,7-8H2,1-2H3. The minimum atomic E-state index is 0.583. The van der Waals surface area contributed by atoms with Gasteiger partial charge in [0, 0.05) is 24.4 Å². The third-order valence-corrected chi connectivity index (χ3v) is 2.94. The zero-order chi connectivity index (χ0) is 9.97. The van der Waals surface area contributed by atoms with Crippen LogP contribution in [0.25, 0.3) is 0 Å². The van der Waals surface area contributed by atoms with Crippen molar-refractivity contribution in [1.29, 1.82) is 0 Å². The molecular formula is C12H18N2. The number of hydrogen-bond acceptors (Lipinski definition) is 2. The van der Waals surface area contributed by atoms with E-state index in [1.165, 1.54) is 17.7 Å². The van der Waals surface area contributed by atoms with Gasteiger partial charge in [0.25, 0.3) is 0 Å². The lowest BCUT2D eigenvalue weighted by Crippen LogP contribution is -2.11.